The number of nitrogens with two attached hydrogens (primary N) is 1. The van der Waals surface area contributed by atoms with E-state index in [9.17, 15) is 0 Å². The Balaban J connectivity index is 1.96. The molecule has 19 heavy (non-hydrogen) atoms. The second-order valence-electron chi connectivity index (χ2n) is 4.68. The summed E-state index contributed by atoms with van der Waals surface area (Å²) in [7, 11) is 1.60. The topological polar surface area (TPSA) is 73.9 Å². The Hall–Kier alpha value is -2.01. The van der Waals surface area contributed by atoms with Gasteiger partial charge in [-0.15, -0.1) is 0 Å². The summed E-state index contributed by atoms with van der Waals surface area (Å²) in [6, 6.07) is 3.80. The van der Waals surface area contributed by atoms with Crippen LogP contribution in [0.2, 0.25) is 0 Å². The molecular formula is C14H16N4O. The van der Waals surface area contributed by atoms with Crippen LogP contribution in [-0.4, -0.2) is 22.1 Å². The number of nitrogens with zero attached hydrogens (tertiary/aromatic N) is 3. The van der Waals surface area contributed by atoms with Gasteiger partial charge in [-0.2, -0.15) is 0 Å². The van der Waals surface area contributed by atoms with E-state index in [1.165, 1.54) is 0 Å². The van der Waals surface area contributed by atoms with E-state index in [-0.39, 0.29) is 6.04 Å². The van der Waals surface area contributed by atoms with Gasteiger partial charge >= 0.3 is 0 Å². The molecule has 2 aromatic rings. The van der Waals surface area contributed by atoms with E-state index >= 15 is 0 Å². The van der Waals surface area contributed by atoms with Gasteiger partial charge in [0.25, 0.3) is 0 Å². The molecule has 1 aliphatic carbocycles. The fourth-order valence-corrected chi connectivity index (χ4v) is 2.35. The summed E-state index contributed by atoms with van der Waals surface area (Å²) in [5.74, 6) is 1.28. The van der Waals surface area contributed by atoms with Gasteiger partial charge in [0.15, 0.2) is 5.82 Å². The number of rotatable bonds is 2. The zero-order chi connectivity index (χ0) is 13.2. The molecule has 0 bridgehead atoms. The first-order chi connectivity index (χ1) is 9.28. The van der Waals surface area contributed by atoms with Crippen LogP contribution in [0, 0.1) is 0 Å². The zero-order valence-electron chi connectivity index (χ0n) is 10.8. The molecule has 0 aromatic carbocycles. The number of hydrogen-bond acceptors (Lipinski definition) is 5. The van der Waals surface area contributed by atoms with E-state index in [4.69, 9.17) is 10.5 Å². The van der Waals surface area contributed by atoms with E-state index in [1.807, 2.05) is 18.3 Å². The molecule has 0 saturated carbocycles. The smallest absolute Gasteiger partial charge is 0.212 e. The van der Waals surface area contributed by atoms with E-state index in [0.717, 1.165) is 36.1 Å². The zero-order valence-corrected chi connectivity index (χ0v) is 10.8. The molecule has 98 valence electrons. The minimum absolute atomic E-state index is 0.0757. The maximum Gasteiger partial charge on any atom is 0.212 e. The first kappa shape index (κ1) is 12.0. The fourth-order valence-electron chi connectivity index (χ4n) is 2.35. The predicted molar refractivity (Wildman–Crippen MR) is 71.7 cm³/mol. The summed E-state index contributed by atoms with van der Waals surface area (Å²) in [5.41, 5.74) is 9.10. The van der Waals surface area contributed by atoms with Gasteiger partial charge in [0.2, 0.25) is 5.88 Å². The number of ether oxygens (including phenoxy) is 1. The average Bonchev–Trinajstić information content (AvgIpc) is 2.47. The number of aryl methyl sites for hydroxylation is 1. The van der Waals surface area contributed by atoms with Gasteiger partial charge in [0.05, 0.1) is 7.11 Å². The Morgan fingerprint density at radius 3 is 2.89 bits per heavy atom. The molecule has 0 saturated heterocycles. The third-order valence-corrected chi connectivity index (χ3v) is 3.43. The third-order valence-electron chi connectivity index (χ3n) is 3.43. The van der Waals surface area contributed by atoms with Gasteiger partial charge in [-0.1, -0.05) is 0 Å². The lowest BCUT2D eigenvalue weighted by molar-refractivity contribution is 0.398. The number of fused-ring (bicyclic) bond motifs is 1. The lowest BCUT2D eigenvalue weighted by Gasteiger charge is -2.20. The van der Waals surface area contributed by atoms with E-state index in [2.05, 4.69) is 15.0 Å². The molecule has 5 nitrogen and oxygen atoms in total. The third kappa shape index (κ3) is 2.29. The van der Waals surface area contributed by atoms with Crippen LogP contribution in [0.3, 0.4) is 0 Å². The number of hydrogen-bond donors (Lipinski definition) is 1. The summed E-state index contributed by atoms with van der Waals surface area (Å²) < 4.78 is 5.04. The quantitative estimate of drug-likeness (QED) is 0.888. The van der Waals surface area contributed by atoms with Crippen molar-refractivity contribution < 1.29 is 4.74 Å². The molecule has 1 aliphatic rings. The molecule has 2 aromatic heterocycles. The Kier molecular flexibility index (Phi) is 3.13. The Morgan fingerprint density at radius 2 is 2.16 bits per heavy atom. The highest BCUT2D eigenvalue weighted by atomic mass is 16.5. The van der Waals surface area contributed by atoms with Crippen molar-refractivity contribution >= 4 is 0 Å². The van der Waals surface area contributed by atoms with Crippen molar-refractivity contribution in [3.05, 3.63) is 35.8 Å². The number of aromatic nitrogens is 3. The molecule has 2 N–H and O–H groups in total. The minimum Gasteiger partial charge on any atom is -0.481 e. The molecule has 3 rings (SSSR count). The first-order valence-corrected chi connectivity index (χ1v) is 6.40. The van der Waals surface area contributed by atoms with E-state index in [0.29, 0.717) is 11.7 Å². The molecule has 1 unspecified atom stereocenters. The van der Waals surface area contributed by atoms with Crippen molar-refractivity contribution in [3.8, 4) is 17.3 Å². The molecule has 0 radical (unpaired) electrons. The summed E-state index contributed by atoms with van der Waals surface area (Å²) in [6.45, 7) is 0. The van der Waals surface area contributed by atoms with Gasteiger partial charge in [-0.25, -0.2) is 15.0 Å². The van der Waals surface area contributed by atoms with Gasteiger partial charge in [-0.05, 0) is 25.3 Å². The summed E-state index contributed by atoms with van der Waals surface area (Å²) in [6.07, 6.45) is 6.66. The SMILES string of the molecule is COc1ccc(-c2ncc3c(n2)CCCC3N)cn1. The highest BCUT2D eigenvalue weighted by molar-refractivity contribution is 5.54. The van der Waals surface area contributed by atoms with Crippen molar-refractivity contribution in [1.29, 1.82) is 0 Å². The van der Waals surface area contributed by atoms with Crippen LogP contribution in [-0.2, 0) is 6.42 Å². The minimum atomic E-state index is 0.0757. The van der Waals surface area contributed by atoms with Gasteiger partial charge in [-0.3, -0.25) is 0 Å². The molecule has 0 amide bonds. The van der Waals surface area contributed by atoms with E-state index < -0.39 is 0 Å². The summed E-state index contributed by atoms with van der Waals surface area (Å²) in [4.78, 5) is 13.2. The highest BCUT2D eigenvalue weighted by Crippen LogP contribution is 2.27. The van der Waals surface area contributed by atoms with Crippen LogP contribution in [0.5, 0.6) is 5.88 Å². The van der Waals surface area contributed by atoms with Crippen LogP contribution in [0.4, 0.5) is 0 Å². The Bertz CT molecular complexity index is 582. The molecule has 2 heterocycles. The molecule has 0 spiro atoms. The maximum atomic E-state index is 6.06. The van der Waals surface area contributed by atoms with E-state index in [1.54, 1.807) is 13.3 Å². The monoisotopic (exact) mass is 256 g/mol. The standard InChI is InChI=1S/C14H16N4O/c1-19-13-6-5-9(7-16-13)14-17-8-10-11(15)3-2-4-12(10)18-14/h5-8,11H,2-4,15H2,1H3. The molecule has 0 fully saturated rings. The second kappa shape index (κ2) is 4.93. The first-order valence-electron chi connectivity index (χ1n) is 6.40. The highest BCUT2D eigenvalue weighted by Gasteiger charge is 2.19. The number of pyridine rings is 1. The Morgan fingerprint density at radius 1 is 1.26 bits per heavy atom. The second-order valence-corrected chi connectivity index (χ2v) is 4.68. The molecule has 0 aliphatic heterocycles. The van der Waals surface area contributed by atoms with Crippen molar-refractivity contribution in [3.63, 3.8) is 0 Å². The van der Waals surface area contributed by atoms with Gasteiger partial charge in [0.1, 0.15) is 0 Å². The lowest BCUT2D eigenvalue weighted by atomic mass is 9.93. The van der Waals surface area contributed by atoms with Crippen LogP contribution in [0.25, 0.3) is 11.4 Å². The number of methoxy groups -OCH3 is 1. The van der Waals surface area contributed by atoms with Crippen LogP contribution < -0.4 is 10.5 Å². The summed E-state index contributed by atoms with van der Waals surface area (Å²) in [5, 5.41) is 0. The predicted octanol–water partition coefficient (Wildman–Crippen LogP) is 1.88. The van der Waals surface area contributed by atoms with Crippen molar-refractivity contribution in [2.24, 2.45) is 5.73 Å². The van der Waals surface area contributed by atoms with Crippen LogP contribution in [0.15, 0.2) is 24.5 Å². The Labute approximate surface area is 111 Å². The molecular weight excluding hydrogens is 240 g/mol. The van der Waals surface area contributed by atoms with Crippen molar-refractivity contribution in [2.45, 2.75) is 25.3 Å². The van der Waals surface area contributed by atoms with Gasteiger partial charge < -0.3 is 10.5 Å². The fraction of sp³-hybridized carbons (Fsp3) is 0.357. The molecule has 1 atom stereocenters. The van der Waals surface area contributed by atoms with Crippen LogP contribution >= 0.6 is 0 Å². The van der Waals surface area contributed by atoms with Crippen molar-refractivity contribution in [1.82, 2.24) is 15.0 Å². The van der Waals surface area contributed by atoms with Crippen molar-refractivity contribution in [2.75, 3.05) is 7.11 Å². The largest absolute Gasteiger partial charge is 0.481 e. The lowest BCUT2D eigenvalue weighted by Crippen LogP contribution is -2.19. The average molecular weight is 256 g/mol. The maximum absolute atomic E-state index is 6.06. The molecule has 5 heteroatoms. The van der Waals surface area contributed by atoms with Gasteiger partial charge in [0, 0.05) is 41.3 Å². The van der Waals surface area contributed by atoms with Crippen LogP contribution in [0.1, 0.15) is 30.1 Å². The summed E-state index contributed by atoms with van der Waals surface area (Å²) >= 11 is 0. The normalized spacial score (nSPS) is 17.9.